The highest BCUT2D eigenvalue weighted by Gasteiger charge is 2.39. The van der Waals surface area contributed by atoms with Gasteiger partial charge in [-0.3, -0.25) is 5.10 Å². The molecule has 0 atom stereocenters. The molecule has 1 heterocycles. The van der Waals surface area contributed by atoms with Crippen molar-refractivity contribution in [2.45, 2.75) is 37.2 Å². The van der Waals surface area contributed by atoms with Crippen molar-refractivity contribution in [1.82, 2.24) is 14.5 Å². The Morgan fingerprint density at radius 1 is 1.43 bits per heavy atom. The molecule has 0 spiro atoms. The van der Waals surface area contributed by atoms with E-state index in [0.717, 1.165) is 18.4 Å². The quantitative estimate of drug-likeness (QED) is 0.822. The summed E-state index contributed by atoms with van der Waals surface area (Å²) < 4.78 is 27.2. The van der Waals surface area contributed by atoms with Crippen molar-refractivity contribution in [3.8, 4) is 0 Å². The minimum absolute atomic E-state index is 0.0748. The fraction of sp³-hybridized carbons (Fsp3) is 0.357. The van der Waals surface area contributed by atoms with E-state index in [2.05, 4.69) is 10.2 Å². The third kappa shape index (κ3) is 2.79. The smallest absolute Gasteiger partial charge is 0.247 e. The molecule has 7 heteroatoms. The maximum Gasteiger partial charge on any atom is 0.247 e. The molecule has 21 heavy (non-hydrogen) atoms. The first-order valence-electron chi connectivity index (χ1n) is 6.85. The van der Waals surface area contributed by atoms with Crippen molar-refractivity contribution in [3.63, 3.8) is 0 Å². The Kier molecular flexibility index (Phi) is 3.46. The first-order valence-corrected chi connectivity index (χ1v) is 8.29. The molecular formula is C14H18N4O2S. The zero-order valence-electron chi connectivity index (χ0n) is 11.8. The molecule has 1 aliphatic carbocycles. The zero-order chi connectivity index (χ0) is 15.0. The van der Waals surface area contributed by atoms with E-state index < -0.39 is 10.0 Å². The predicted octanol–water partition coefficient (Wildman–Crippen LogP) is 1.65. The maximum absolute atomic E-state index is 12.8. The molecule has 1 aromatic carbocycles. The minimum Gasteiger partial charge on any atom is -0.399 e. The van der Waals surface area contributed by atoms with Gasteiger partial charge in [0, 0.05) is 18.3 Å². The van der Waals surface area contributed by atoms with Gasteiger partial charge in [-0.2, -0.15) is 9.40 Å². The fourth-order valence-electron chi connectivity index (χ4n) is 2.37. The van der Waals surface area contributed by atoms with Crippen LogP contribution in [0, 0.1) is 6.92 Å². The van der Waals surface area contributed by atoms with Crippen molar-refractivity contribution in [1.29, 1.82) is 0 Å². The van der Waals surface area contributed by atoms with Crippen LogP contribution in [0.1, 0.15) is 24.1 Å². The second-order valence-corrected chi connectivity index (χ2v) is 7.24. The standard InChI is InChI=1S/C14H18N4O2S/c1-10-14(8-16-17-10)21(19,20)18(13-5-6-13)9-11-3-2-4-12(15)7-11/h2-4,7-8,13H,5-6,9,15H2,1H3,(H,16,17). The third-order valence-corrected chi connectivity index (χ3v) is 5.63. The van der Waals surface area contributed by atoms with E-state index in [1.54, 1.807) is 17.3 Å². The average molecular weight is 306 g/mol. The van der Waals surface area contributed by atoms with Crippen LogP contribution in [-0.4, -0.2) is 29.0 Å². The van der Waals surface area contributed by atoms with Crippen LogP contribution in [0.4, 0.5) is 5.69 Å². The molecule has 0 amide bonds. The molecule has 0 unspecified atom stereocenters. The number of nitrogens with one attached hydrogen (secondary N) is 1. The van der Waals surface area contributed by atoms with Gasteiger partial charge in [-0.1, -0.05) is 12.1 Å². The fourth-order valence-corrected chi connectivity index (χ4v) is 4.16. The molecule has 6 nitrogen and oxygen atoms in total. The lowest BCUT2D eigenvalue weighted by atomic mass is 10.2. The highest BCUT2D eigenvalue weighted by molar-refractivity contribution is 7.89. The minimum atomic E-state index is -3.54. The van der Waals surface area contributed by atoms with Gasteiger partial charge in [-0.05, 0) is 37.5 Å². The van der Waals surface area contributed by atoms with Gasteiger partial charge >= 0.3 is 0 Å². The molecule has 0 aliphatic heterocycles. The van der Waals surface area contributed by atoms with Gasteiger partial charge in [0.25, 0.3) is 0 Å². The second-order valence-electron chi connectivity index (χ2n) is 5.39. The molecule has 3 N–H and O–H groups in total. The van der Waals surface area contributed by atoms with Crippen molar-refractivity contribution < 1.29 is 8.42 Å². The van der Waals surface area contributed by atoms with Crippen molar-refractivity contribution in [3.05, 3.63) is 41.7 Å². The Bertz CT molecular complexity index is 750. The number of rotatable bonds is 5. The molecular weight excluding hydrogens is 288 g/mol. The van der Waals surface area contributed by atoms with E-state index in [4.69, 9.17) is 5.73 Å². The highest BCUT2D eigenvalue weighted by Crippen LogP contribution is 2.34. The summed E-state index contributed by atoms with van der Waals surface area (Å²) in [4.78, 5) is 0.248. The second kappa shape index (κ2) is 5.16. The highest BCUT2D eigenvalue weighted by atomic mass is 32.2. The van der Waals surface area contributed by atoms with E-state index in [9.17, 15) is 8.42 Å². The summed E-state index contributed by atoms with van der Waals surface area (Å²) in [5.41, 5.74) is 7.87. The van der Waals surface area contributed by atoms with Crippen LogP contribution in [0.3, 0.4) is 0 Å². The van der Waals surface area contributed by atoms with Gasteiger partial charge in [0.15, 0.2) is 0 Å². The molecule has 0 saturated heterocycles. The third-order valence-electron chi connectivity index (χ3n) is 3.61. The summed E-state index contributed by atoms with van der Waals surface area (Å²) >= 11 is 0. The number of nitrogens with zero attached hydrogens (tertiary/aromatic N) is 2. The Hall–Kier alpha value is -1.86. The predicted molar refractivity (Wildman–Crippen MR) is 79.9 cm³/mol. The monoisotopic (exact) mass is 306 g/mol. The molecule has 1 fully saturated rings. The first kappa shape index (κ1) is 14.1. The van der Waals surface area contributed by atoms with Gasteiger partial charge in [0.05, 0.1) is 11.9 Å². The number of nitrogen functional groups attached to an aromatic ring is 1. The van der Waals surface area contributed by atoms with Crippen LogP contribution >= 0.6 is 0 Å². The van der Waals surface area contributed by atoms with Crippen LogP contribution in [0.2, 0.25) is 0 Å². The number of H-pyrrole nitrogens is 1. The average Bonchev–Trinajstić information content (AvgIpc) is 3.17. The Morgan fingerprint density at radius 2 is 2.19 bits per heavy atom. The number of hydrogen-bond acceptors (Lipinski definition) is 4. The number of anilines is 1. The number of aromatic amines is 1. The van der Waals surface area contributed by atoms with Crippen LogP contribution in [0.25, 0.3) is 0 Å². The van der Waals surface area contributed by atoms with Crippen molar-refractivity contribution in [2.24, 2.45) is 0 Å². The summed E-state index contributed by atoms with van der Waals surface area (Å²) in [6.07, 6.45) is 3.18. The number of hydrogen-bond donors (Lipinski definition) is 2. The summed E-state index contributed by atoms with van der Waals surface area (Å²) in [5.74, 6) is 0. The molecule has 1 aromatic heterocycles. The molecule has 0 radical (unpaired) electrons. The van der Waals surface area contributed by atoms with Crippen LogP contribution in [0.5, 0.6) is 0 Å². The lowest BCUT2D eigenvalue weighted by molar-refractivity contribution is 0.398. The lowest BCUT2D eigenvalue weighted by Gasteiger charge is -2.21. The maximum atomic E-state index is 12.8. The Balaban J connectivity index is 1.94. The summed E-state index contributed by atoms with van der Waals surface area (Å²) in [6, 6.07) is 7.41. The number of nitrogens with two attached hydrogens (primary N) is 1. The van der Waals surface area contributed by atoms with Gasteiger partial charge in [-0.25, -0.2) is 8.42 Å². The molecule has 1 aliphatic rings. The van der Waals surface area contributed by atoms with E-state index in [1.165, 1.54) is 6.20 Å². The summed E-state index contributed by atoms with van der Waals surface area (Å²) in [5, 5.41) is 6.51. The summed E-state index contributed by atoms with van der Waals surface area (Å²) in [7, 11) is -3.54. The molecule has 0 bridgehead atoms. The molecule has 1 saturated carbocycles. The number of aryl methyl sites for hydroxylation is 1. The molecule has 2 aromatic rings. The SMILES string of the molecule is Cc1[nH]ncc1S(=O)(=O)N(Cc1cccc(N)c1)C1CC1. The van der Waals surface area contributed by atoms with Gasteiger partial charge in [-0.15, -0.1) is 0 Å². The van der Waals surface area contributed by atoms with Gasteiger partial charge in [0.2, 0.25) is 10.0 Å². The van der Waals surface area contributed by atoms with Crippen molar-refractivity contribution in [2.75, 3.05) is 5.73 Å². The van der Waals surface area contributed by atoms with Crippen LogP contribution < -0.4 is 5.73 Å². The number of aromatic nitrogens is 2. The number of sulfonamides is 1. The van der Waals surface area contributed by atoms with E-state index in [0.29, 0.717) is 17.9 Å². The van der Waals surface area contributed by atoms with Crippen molar-refractivity contribution >= 4 is 15.7 Å². The van der Waals surface area contributed by atoms with E-state index in [1.807, 2.05) is 18.2 Å². The molecule has 112 valence electrons. The zero-order valence-corrected chi connectivity index (χ0v) is 12.6. The van der Waals surface area contributed by atoms with Crippen LogP contribution in [-0.2, 0) is 16.6 Å². The van der Waals surface area contributed by atoms with E-state index in [-0.39, 0.29) is 10.9 Å². The lowest BCUT2D eigenvalue weighted by Crippen LogP contribution is -2.32. The summed E-state index contributed by atoms with van der Waals surface area (Å²) in [6.45, 7) is 2.05. The topological polar surface area (TPSA) is 92.1 Å². The largest absolute Gasteiger partial charge is 0.399 e. The number of benzene rings is 1. The van der Waals surface area contributed by atoms with Crippen LogP contribution in [0.15, 0.2) is 35.4 Å². The van der Waals surface area contributed by atoms with Gasteiger partial charge < -0.3 is 5.73 Å². The molecule has 3 rings (SSSR count). The van der Waals surface area contributed by atoms with E-state index >= 15 is 0 Å². The first-order chi connectivity index (χ1) is 9.98. The Labute approximate surface area is 124 Å². The van der Waals surface area contributed by atoms with Gasteiger partial charge in [0.1, 0.15) is 4.90 Å². The normalized spacial score (nSPS) is 15.5. The Morgan fingerprint density at radius 3 is 2.76 bits per heavy atom.